The van der Waals surface area contributed by atoms with E-state index in [0.29, 0.717) is 49.4 Å². The average molecular weight is 754 g/mol. The minimum absolute atomic E-state index is 0.283. The molecule has 1 aromatic heterocycles. The lowest BCUT2D eigenvalue weighted by atomic mass is 10.1. The lowest BCUT2D eigenvalue weighted by Gasteiger charge is -2.14. The molecule has 0 saturated carbocycles. The summed E-state index contributed by atoms with van der Waals surface area (Å²) in [6, 6.07) is 23.4. The number of carbonyl (C=O) groups excluding carboxylic acids is 2. The first kappa shape index (κ1) is 33.9. The quantitative estimate of drug-likeness (QED) is 0.0866. The normalized spacial score (nSPS) is 10.9. The number of rotatable bonds is 12. The smallest absolute Gasteiger partial charge is 0.271 e. The highest BCUT2D eigenvalue weighted by Crippen LogP contribution is 2.37. The fraction of sp³-hybridized carbons (Fsp3) is 0.118. The number of hydrazone groups is 1. The number of hydrogen-bond acceptors (Lipinski definition) is 8. The molecular formula is C34H28BrCl2N5O4S. The van der Waals surface area contributed by atoms with Crippen LogP contribution in [0.15, 0.2) is 93.8 Å². The van der Waals surface area contributed by atoms with Crippen LogP contribution >= 0.6 is 50.5 Å². The van der Waals surface area contributed by atoms with Crippen molar-refractivity contribution in [2.75, 3.05) is 23.8 Å². The molecule has 5 rings (SSSR count). The molecule has 0 aliphatic rings. The summed E-state index contributed by atoms with van der Waals surface area (Å²) in [6.45, 7) is 3.95. The van der Waals surface area contributed by atoms with E-state index in [2.05, 4.69) is 42.1 Å². The van der Waals surface area contributed by atoms with Gasteiger partial charge in [-0.05, 0) is 89.9 Å². The predicted molar refractivity (Wildman–Crippen MR) is 193 cm³/mol. The van der Waals surface area contributed by atoms with E-state index in [1.165, 1.54) is 23.1 Å². The van der Waals surface area contributed by atoms with Crippen LogP contribution in [0.2, 0.25) is 10.0 Å². The standard InChI is InChI=1S/C34H28BrCl2N5O4S/c1-3-45-30-15-21(14-26(35)32(30)46-18-31(43)39-25-12-13-27(36)28(37)16-25)17-38-42-33(44)23-8-6-22(7-9-23)29-19-47-34(41-29)40-24-10-4-20(2)5-11-24/h4-17,19H,3,18H2,1-2H3,(H,39,43)(H,40,41)(H,42,44)/b38-17+. The van der Waals surface area contributed by atoms with Crippen LogP contribution in [0.4, 0.5) is 16.5 Å². The SMILES string of the molecule is CCOc1cc(/C=N/NC(=O)c2ccc(-c3csc(Nc4ccc(C)cc4)n3)cc2)cc(Br)c1OCC(=O)Nc1ccc(Cl)c(Cl)c1. The minimum Gasteiger partial charge on any atom is -0.490 e. The van der Waals surface area contributed by atoms with Crippen molar-refractivity contribution in [3.63, 3.8) is 0 Å². The number of nitrogens with zero attached hydrogens (tertiary/aromatic N) is 2. The highest BCUT2D eigenvalue weighted by molar-refractivity contribution is 9.10. The number of halogens is 3. The van der Waals surface area contributed by atoms with Crippen molar-refractivity contribution in [2.45, 2.75) is 13.8 Å². The molecule has 3 N–H and O–H groups in total. The van der Waals surface area contributed by atoms with Crippen LogP contribution in [0.1, 0.15) is 28.4 Å². The molecule has 4 aromatic carbocycles. The highest BCUT2D eigenvalue weighted by Gasteiger charge is 2.15. The molecule has 9 nitrogen and oxygen atoms in total. The Morgan fingerprint density at radius 2 is 1.70 bits per heavy atom. The number of benzene rings is 4. The molecule has 1 heterocycles. The molecule has 0 aliphatic carbocycles. The van der Waals surface area contributed by atoms with Gasteiger partial charge in [0.15, 0.2) is 23.2 Å². The van der Waals surface area contributed by atoms with Gasteiger partial charge in [0.2, 0.25) is 0 Å². The van der Waals surface area contributed by atoms with E-state index in [4.69, 9.17) is 32.7 Å². The van der Waals surface area contributed by atoms with Crippen LogP contribution in [-0.2, 0) is 4.79 Å². The van der Waals surface area contributed by atoms with Crippen LogP contribution in [0.5, 0.6) is 11.5 Å². The summed E-state index contributed by atoms with van der Waals surface area (Å²) in [4.78, 5) is 29.9. The van der Waals surface area contributed by atoms with Crippen molar-refractivity contribution in [1.82, 2.24) is 10.4 Å². The van der Waals surface area contributed by atoms with Gasteiger partial charge in [-0.1, -0.05) is 53.0 Å². The van der Waals surface area contributed by atoms with Crippen LogP contribution in [0, 0.1) is 6.92 Å². The summed E-state index contributed by atoms with van der Waals surface area (Å²) in [5, 5.41) is 13.6. The van der Waals surface area contributed by atoms with Crippen molar-refractivity contribution in [3.8, 4) is 22.8 Å². The van der Waals surface area contributed by atoms with Crippen LogP contribution < -0.4 is 25.5 Å². The Balaban J connectivity index is 1.17. The maximum atomic E-state index is 12.8. The molecule has 0 unspecified atom stereocenters. The Morgan fingerprint density at radius 1 is 0.957 bits per heavy atom. The zero-order valence-corrected chi connectivity index (χ0v) is 29.1. The molecule has 13 heteroatoms. The number of nitrogens with one attached hydrogen (secondary N) is 3. The predicted octanol–water partition coefficient (Wildman–Crippen LogP) is 9.11. The van der Waals surface area contributed by atoms with Gasteiger partial charge in [-0.3, -0.25) is 9.59 Å². The van der Waals surface area contributed by atoms with Crippen LogP contribution in [0.25, 0.3) is 11.3 Å². The molecule has 0 atom stereocenters. The number of thiazole rings is 1. The number of hydrogen-bond donors (Lipinski definition) is 3. The van der Waals surface area contributed by atoms with E-state index in [1.807, 2.05) is 55.6 Å². The van der Waals surface area contributed by atoms with Gasteiger partial charge in [-0.2, -0.15) is 5.10 Å². The third-order valence-corrected chi connectivity index (χ3v) is 8.60. The maximum absolute atomic E-state index is 12.8. The Morgan fingerprint density at radius 3 is 2.43 bits per heavy atom. The van der Waals surface area contributed by atoms with E-state index in [0.717, 1.165) is 22.1 Å². The fourth-order valence-electron chi connectivity index (χ4n) is 4.22. The van der Waals surface area contributed by atoms with Crippen molar-refractivity contribution in [2.24, 2.45) is 5.10 Å². The second kappa shape index (κ2) is 15.9. The number of ether oxygens (including phenoxy) is 2. The summed E-state index contributed by atoms with van der Waals surface area (Å²) in [5.74, 6) is -0.0298. The molecule has 0 fully saturated rings. The van der Waals surface area contributed by atoms with Crippen molar-refractivity contribution in [1.29, 1.82) is 0 Å². The molecule has 0 radical (unpaired) electrons. The highest BCUT2D eigenvalue weighted by atomic mass is 79.9. The number of amides is 2. The van der Waals surface area contributed by atoms with E-state index in [1.54, 1.807) is 42.5 Å². The molecule has 0 spiro atoms. The van der Waals surface area contributed by atoms with Crippen molar-refractivity contribution in [3.05, 3.63) is 115 Å². The molecule has 2 amide bonds. The second-order valence-electron chi connectivity index (χ2n) is 10.0. The Labute approximate surface area is 294 Å². The van der Waals surface area contributed by atoms with Crippen LogP contribution in [-0.4, -0.2) is 36.2 Å². The molecule has 47 heavy (non-hydrogen) atoms. The lowest BCUT2D eigenvalue weighted by molar-refractivity contribution is -0.118. The first-order valence-corrected chi connectivity index (χ1v) is 16.7. The molecule has 0 bridgehead atoms. The first-order valence-electron chi connectivity index (χ1n) is 14.3. The summed E-state index contributed by atoms with van der Waals surface area (Å²) < 4.78 is 12.1. The molecule has 0 saturated heterocycles. The number of aryl methyl sites for hydroxylation is 1. The van der Waals surface area contributed by atoms with Crippen molar-refractivity contribution < 1.29 is 19.1 Å². The second-order valence-corrected chi connectivity index (χ2v) is 12.6. The summed E-state index contributed by atoms with van der Waals surface area (Å²) >= 11 is 16.9. The van der Waals surface area contributed by atoms with Gasteiger partial charge >= 0.3 is 0 Å². The van der Waals surface area contributed by atoms with Gasteiger partial charge in [0.25, 0.3) is 11.8 Å². The minimum atomic E-state index is -0.398. The Hall–Kier alpha value is -4.42. The van der Waals surface area contributed by atoms with Gasteiger partial charge in [-0.25, -0.2) is 10.4 Å². The molecule has 240 valence electrons. The van der Waals surface area contributed by atoms with E-state index in [9.17, 15) is 9.59 Å². The fourth-order valence-corrected chi connectivity index (χ4v) is 5.83. The zero-order chi connectivity index (χ0) is 33.3. The third kappa shape index (κ3) is 9.32. The monoisotopic (exact) mass is 751 g/mol. The lowest BCUT2D eigenvalue weighted by Crippen LogP contribution is -2.20. The topological polar surface area (TPSA) is 114 Å². The zero-order valence-electron chi connectivity index (χ0n) is 25.1. The summed E-state index contributed by atoms with van der Waals surface area (Å²) in [7, 11) is 0. The maximum Gasteiger partial charge on any atom is 0.271 e. The van der Waals surface area contributed by atoms with Gasteiger partial charge in [0, 0.05) is 27.9 Å². The van der Waals surface area contributed by atoms with Crippen molar-refractivity contribution >= 4 is 85.0 Å². The number of anilines is 3. The molecule has 5 aromatic rings. The molecule has 0 aliphatic heterocycles. The third-order valence-electron chi connectivity index (χ3n) is 6.51. The summed E-state index contributed by atoms with van der Waals surface area (Å²) in [6.07, 6.45) is 1.48. The average Bonchev–Trinajstić information content (AvgIpc) is 3.52. The number of carbonyl (C=O) groups is 2. The number of aromatic nitrogens is 1. The first-order chi connectivity index (χ1) is 22.7. The van der Waals surface area contributed by atoms with Gasteiger partial charge in [-0.15, -0.1) is 11.3 Å². The van der Waals surface area contributed by atoms with Gasteiger partial charge in [0.05, 0.1) is 33.0 Å². The van der Waals surface area contributed by atoms with Crippen LogP contribution in [0.3, 0.4) is 0 Å². The van der Waals surface area contributed by atoms with Gasteiger partial charge < -0.3 is 20.1 Å². The summed E-state index contributed by atoms with van der Waals surface area (Å²) in [5.41, 5.74) is 7.96. The molecular weight excluding hydrogens is 725 g/mol. The van der Waals surface area contributed by atoms with E-state index < -0.39 is 5.91 Å². The van der Waals surface area contributed by atoms with E-state index in [-0.39, 0.29) is 12.5 Å². The van der Waals surface area contributed by atoms with E-state index >= 15 is 0 Å². The van der Waals surface area contributed by atoms with Gasteiger partial charge in [0.1, 0.15) is 0 Å². The largest absolute Gasteiger partial charge is 0.490 e. The Bertz CT molecular complexity index is 1920. The Kier molecular flexibility index (Phi) is 11.5.